The molecule has 0 heterocycles. The summed E-state index contributed by atoms with van der Waals surface area (Å²) >= 11 is 5.69. The molecule has 0 aliphatic carbocycles. The number of hydrogen-bond donors (Lipinski definition) is 1. The maximum atomic E-state index is 9.10. The van der Waals surface area contributed by atoms with Gasteiger partial charge in [-0.25, -0.2) is 0 Å². The molecule has 1 aromatic rings. The van der Waals surface area contributed by atoms with E-state index in [1.165, 1.54) is 0 Å². The number of phenolic OH excluding ortho intramolecular Hbond substituents is 1. The van der Waals surface area contributed by atoms with E-state index < -0.39 is 0 Å². The summed E-state index contributed by atoms with van der Waals surface area (Å²) in [5.74, 6) is 2.66. The molecule has 2 heteroatoms. The second kappa shape index (κ2) is 4.04. The van der Waals surface area contributed by atoms with E-state index in [2.05, 4.69) is 5.92 Å². The van der Waals surface area contributed by atoms with Gasteiger partial charge >= 0.3 is 0 Å². The second-order valence-corrected chi connectivity index (χ2v) is 2.90. The summed E-state index contributed by atoms with van der Waals surface area (Å²) < 4.78 is 0. The zero-order valence-corrected chi connectivity index (χ0v) is 7.30. The molecule has 1 aromatic carbocycles. The number of halogens is 1. The molecule has 1 nitrogen and oxygen atoms in total. The quantitative estimate of drug-likeness (QED) is 0.694. The highest BCUT2D eigenvalue weighted by molar-refractivity contribution is 6.32. The molecule has 0 saturated carbocycles. The van der Waals surface area contributed by atoms with E-state index in [1.807, 2.05) is 6.07 Å². The molecule has 0 amide bonds. The van der Waals surface area contributed by atoms with Gasteiger partial charge < -0.3 is 5.11 Å². The highest BCUT2D eigenvalue weighted by Gasteiger charge is 1.98. The maximum absolute atomic E-state index is 9.10. The van der Waals surface area contributed by atoms with Gasteiger partial charge in [0.1, 0.15) is 5.75 Å². The molecular formula is C10H9ClO. The molecule has 0 saturated heterocycles. The van der Waals surface area contributed by atoms with Gasteiger partial charge in [-0.05, 0) is 24.1 Å². The van der Waals surface area contributed by atoms with Crippen molar-refractivity contribution in [2.45, 2.75) is 12.8 Å². The van der Waals surface area contributed by atoms with E-state index in [-0.39, 0.29) is 5.75 Å². The predicted octanol–water partition coefficient (Wildman–Crippen LogP) is 2.61. The summed E-state index contributed by atoms with van der Waals surface area (Å²) in [4.78, 5) is 0. The first-order valence-corrected chi connectivity index (χ1v) is 4.02. The van der Waals surface area contributed by atoms with Gasteiger partial charge in [0.05, 0.1) is 5.02 Å². The van der Waals surface area contributed by atoms with Gasteiger partial charge in [0.25, 0.3) is 0 Å². The van der Waals surface area contributed by atoms with Crippen molar-refractivity contribution >= 4 is 11.6 Å². The van der Waals surface area contributed by atoms with Crippen LogP contribution in [0.3, 0.4) is 0 Å². The Balaban J connectivity index is 2.77. The van der Waals surface area contributed by atoms with Crippen LogP contribution in [0.25, 0.3) is 0 Å². The van der Waals surface area contributed by atoms with Gasteiger partial charge in [-0.3, -0.25) is 0 Å². The molecular weight excluding hydrogens is 172 g/mol. The highest BCUT2D eigenvalue weighted by atomic mass is 35.5. The SMILES string of the molecule is C#CCCc1ccc(O)c(Cl)c1. The lowest BCUT2D eigenvalue weighted by molar-refractivity contribution is 0.475. The average Bonchev–Trinajstić information content (AvgIpc) is 2.07. The molecule has 1 N–H and O–H groups in total. The van der Waals surface area contributed by atoms with Gasteiger partial charge in [0.15, 0.2) is 0 Å². The largest absolute Gasteiger partial charge is 0.506 e. The Morgan fingerprint density at radius 1 is 1.50 bits per heavy atom. The first-order valence-electron chi connectivity index (χ1n) is 3.65. The van der Waals surface area contributed by atoms with Crippen LogP contribution < -0.4 is 0 Å². The fourth-order valence-corrected chi connectivity index (χ4v) is 1.13. The van der Waals surface area contributed by atoms with E-state index in [9.17, 15) is 0 Å². The van der Waals surface area contributed by atoms with Gasteiger partial charge in [0.2, 0.25) is 0 Å². The lowest BCUT2D eigenvalue weighted by Crippen LogP contribution is -1.82. The minimum Gasteiger partial charge on any atom is -0.506 e. The van der Waals surface area contributed by atoms with Crippen LogP contribution in [0.5, 0.6) is 5.75 Å². The molecule has 0 radical (unpaired) electrons. The Labute approximate surface area is 77.0 Å². The Morgan fingerprint density at radius 2 is 2.25 bits per heavy atom. The fraction of sp³-hybridized carbons (Fsp3) is 0.200. The normalized spacial score (nSPS) is 9.33. The molecule has 1 rings (SSSR count). The third-order valence-electron chi connectivity index (χ3n) is 1.57. The Kier molecular flexibility index (Phi) is 3.01. The topological polar surface area (TPSA) is 20.2 Å². The molecule has 0 aromatic heterocycles. The molecule has 0 aliphatic heterocycles. The zero-order valence-electron chi connectivity index (χ0n) is 6.55. The van der Waals surface area contributed by atoms with Crippen LogP contribution in [0.1, 0.15) is 12.0 Å². The van der Waals surface area contributed by atoms with Crippen LogP contribution >= 0.6 is 11.6 Å². The van der Waals surface area contributed by atoms with Gasteiger partial charge in [-0.15, -0.1) is 12.3 Å². The van der Waals surface area contributed by atoms with Crippen molar-refractivity contribution in [3.05, 3.63) is 28.8 Å². The van der Waals surface area contributed by atoms with Crippen LogP contribution in [0.15, 0.2) is 18.2 Å². The minimum atomic E-state index is 0.112. The van der Waals surface area contributed by atoms with Crippen LogP contribution in [-0.4, -0.2) is 5.11 Å². The van der Waals surface area contributed by atoms with Gasteiger partial charge in [0, 0.05) is 6.42 Å². The molecule has 0 bridgehead atoms. The summed E-state index contributed by atoms with van der Waals surface area (Å²) in [5, 5.41) is 9.48. The van der Waals surface area contributed by atoms with E-state index in [1.54, 1.807) is 12.1 Å². The van der Waals surface area contributed by atoms with Crippen molar-refractivity contribution < 1.29 is 5.11 Å². The predicted molar refractivity (Wildman–Crippen MR) is 50.3 cm³/mol. The lowest BCUT2D eigenvalue weighted by atomic mass is 10.1. The molecule has 0 atom stereocenters. The van der Waals surface area contributed by atoms with Crippen molar-refractivity contribution in [2.75, 3.05) is 0 Å². The summed E-state index contributed by atoms with van der Waals surface area (Å²) in [6.45, 7) is 0. The molecule has 62 valence electrons. The molecule has 0 aliphatic rings. The first kappa shape index (κ1) is 8.96. The molecule has 0 unspecified atom stereocenters. The highest BCUT2D eigenvalue weighted by Crippen LogP contribution is 2.23. The molecule has 0 spiro atoms. The second-order valence-electron chi connectivity index (χ2n) is 2.49. The van der Waals surface area contributed by atoms with Crippen molar-refractivity contribution in [1.82, 2.24) is 0 Å². The van der Waals surface area contributed by atoms with E-state index >= 15 is 0 Å². The van der Waals surface area contributed by atoms with Crippen LogP contribution in [0.2, 0.25) is 5.02 Å². The molecule has 0 fully saturated rings. The summed E-state index contributed by atoms with van der Waals surface area (Å²) in [6, 6.07) is 5.13. The maximum Gasteiger partial charge on any atom is 0.134 e. The van der Waals surface area contributed by atoms with Crippen LogP contribution in [-0.2, 0) is 6.42 Å². The van der Waals surface area contributed by atoms with Crippen molar-refractivity contribution in [2.24, 2.45) is 0 Å². The standard InChI is InChI=1S/C10H9ClO/c1-2-3-4-8-5-6-10(12)9(11)7-8/h1,5-7,12H,3-4H2. The van der Waals surface area contributed by atoms with Crippen molar-refractivity contribution in [3.63, 3.8) is 0 Å². The zero-order chi connectivity index (χ0) is 8.97. The number of phenols is 1. The van der Waals surface area contributed by atoms with E-state index in [0.29, 0.717) is 11.4 Å². The molecule has 12 heavy (non-hydrogen) atoms. The average molecular weight is 181 g/mol. The number of aromatic hydroxyl groups is 1. The monoisotopic (exact) mass is 180 g/mol. The number of hydrogen-bond acceptors (Lipinski definition) is 1. The first-order chi connectivity index (χ1) is 5.74. The summed E-state index contributed by atoms with van der Waals surface area (Å²) in [6.07, 6.45) is 6.61. The third kappa shape index (κ3) is 2.18. The van der Waals surface area contributed by atoms with Crippen LogP contribution in [0.4, 0.5) is 0 Å². The van der Waals surface area contributed by atoms with E-state index in [0.717, 1.165) is 12.0 Å². The number of terminal acetylenes is 1. The lowest BCUT2D eigenvalue weighted by Gasteiger charge is -2.00. The van der Waals surface area contributed by atoms with E-state index in [4.69, 9.17) is 23.1 Å². The van der Waals surface area contributed by atoms with Crippen molar-refractivity contribution in [1.29, 1.82) is 0 Å². The number of aryl methyl sites for hydroxylation is 1. The summed E-state index contributed by atoms with van der Waals surface area (Å²) in [5.41, 5.74) is 1.05. The van der Waals surface area contributed by atoms with Crippen LogP contribution in [0, 0.1) is 12.3 Å². The number of rotatable bonds is 2. The number of benzene rings is 1. The van der Waals surface area contributed by atoms with Crippen molar-refractivity contribution in [3.8, 4) is 18.1 Å². The Hall–Kier alpha value is -1.13. The van der Waals surface area contributed by atoms with Gasteiger partial charge in [-0.2, -0.15) is 0 Å². The Bertz CT molecular complexity index is 312. The fourth-order valence-electron chi connectivity index (χ4n) is 0.922. The Morgan fingerprint density at radius 3 is 2.83 bits per heavy atom. The third-order valence-corrected chi connectivity index (χ3v) is 1.87. The minimum absolute atomic E-state index is 0.112. The summed E-state index contributed by atoms with van der Waals surface area (Å²) in [7, 11) is 0. The smallest absolute Gasteiger partial charge is 0.134 e. The van der Waals surface area contributed by atoms with Gasteiger partial charge in [-0.1, -0.05) is 17.7 Å².